The normalized spacial score (nSPS) is 12.4. The summed E-state index contributed by atoms with van der Waals surface area (Å²) in [4.78, 5) is 27.3. The lowest BCUT2D eigenvalue weighted by Crippen LogP contribution is -2.30. The van der Waals surface area contributed by atoms with Gasteiger partial charge >= 0.3 is 0 Å². The Morgan fingerprint density at radius 3 is 2.36 bits per heavy atom. The van der Waals surface area contributed by atoms with Gasteiger partial charge < -0.3 is 19.7 Å². The second-order valence-corrected chi connectivity index (χ2v) is 7.25. The van der Waals surface area contributed by atoms with E-state index in [-0.39, 0.29) is 17.6 Å². The molecule has 148 valence electrons. The fraction of sp³-hybridized carbons (Fsp3) is 0.333. The number of fused-ring (bicyclic) bond motifs is 1. The average molecular weight is 401 g/mol. The minimum Gasteiger partial charge on any atom is -0.486 e. The third kappa shape index (κ3) is 4.98. The molecular weight excluding hydrogens is 376 g/mol. The molecule has 0 atom stereocenters. The van der Waals surface area contributed by atoms with Gasteiger partial charge in [0, 0.05) is 29.2 Å². The Balaban J connectivity index is 1.53. The smallest absolute Gasteiger partial charge is 0.253 e. The van der Waals surface area contributed by atoms with E-state index in [1.165, 1.54) is 11.8 Å². The van der Waals surface area contributed by atoms with Crippen molar-refractivity contribution in [3.63, 3.8) is 0 Å². The lowest BCUT2D eigenvalue weighted by Gasteiger charge is -2.19. The van der Waals surface area contributed by atoms with Gasteiger partial charge in [0.05, 0.1) is 5.75 Å². The van der Waals surface area contributed by atoms with Crippen LogP contribution in [0.1, 0.15) is 24.2 Å². The van der Waals surface area contributed by atoms with Crippen molar-refractivity contribution in [3.05, 3.63) is 48.0 Å². The largest absolute Gasteiger partial charge is 0.486 e. The highest BCUT2D eigenvalue weighted by molar-refractivity contribution is 8.00. The first-order valence-electron chi connectivity index (χ1n) is 9.32. The van der Waals surface area contributed by atoms with Gasteiger partial charge in [0.25, 0.3) is 5.91 Å². The Kier molecular flexibility index (Phi) is 6.81. The second-order valence-electron chi connectivity index (χ2n) is 6.20. The number of ether oxygens (including phenoxy) is 2. The van der Waals surface area contributed by atoms with Crippen molar-refractivity contribution >= 4 is 29.3 Å². The molecule has 0 saturated carbocycles. The highest BCUT2D eigenvalue weighted by Crippen LogP contribution is 2.34. The zero-order chi connectivity index (χ0) is 19.9. The molecule has 0 aliphatic carbocycles. The summed E-state index contributed by atoms with van der Waals surface area (Å²) in [6.45, 7) is 6.34. The van der Waals surface area contributed by atoms with Crippen LogP contribution in [0.15, 0.2) is 47.4 Å². The first-order chi connectivity index (χ1) is 13.6. The van der Waals surface area contributed by atoms with Gasteiger partial charge in [-0.15, -0.1) is 11.8 Å². The van der Waals surface area contributed by atoms with E-state index in [1.54, 1.807) is 29.2 Å². The molecule has 28 heavy (non-hydrogen) atoms. The van der Waals surface area contributed by atoms with Gasteiger partial charge in [-0.2, -0.15) is 0 Å². The number of carbonyl (C=O) groups is 2. The molecular formula is C21H24N2O4S. The highest BCUT2D eigenvalue weighted by atomic mass is 32.2. The van der Waals surface area contributed by atoms with Crippen LogP contribution in [0.4, 0.5) is 5.69 Å². The molecule has 0 spiro atoms. The standard InChI is InChI=1S/C21H24N2O4S/c1-3-23(4-2)21(25)15-5-7-16(8-6-15)22-20(24)14-28-17-9-10-18-19(13-17)27-12-11-26-18/h5-10,13H,3-4,11-12,14H2,1-2H3,(H,22,24). The summed E-state index contributed by atoms with van der Waals surface area (Å²) < 4.78 is 11.1. The summed E-state index contributed by atoms with van der Waals surface area (Å²) in [5, 5.41) is 2.86. The van der Waals surface area contributed by atoms with E-state index < -0.39 is 0 Å². The molecule has 0 aromatic heterocycles. The van der Waals surface area contributed by atoms with Crippen LogP contribution in [-0.4, -0.2) is 48.8 Å². The maximum absolute atomic E-state index is 12.3. The van der Waals surface area contributed by atoms with Crippen molar-refractivity contribution in [2.24, 2.45) is 0 Å². The lowest BCUT2D eigenvalue weighted by molar-refractivity contribution is -0.113. The van der Waals surface area contributed by atoms with Crippen LogP contribution in [0, 0.1) is 0 Å². The number of benzene rings is 2. The van der Waals surface area contributed by atoms with E-state index in [1.807, 2.05) is 32.0 Å². The van der Waals surface area contributed by atoms with Crippen molar-refractivity contribution in [3.8, 4) is 11.5 Å². The SMILES string of the molecule is CCN(CC)C(=O)c1ccc(NC(=O)CSc2ccc3c(c2)OCCO3)cc1. The molecule has 1 aliphatic rings. The number of carbonyl (C=O) groups excluding carboxylic acids is 2. The minimum absolute atomic E-state index is 0.00274. The molecule has 0 radical (unpaired) electrons. The number of hydrogen-bond donors (Lipinski definition) is 1. The molecule has 0 unspecified atom stereocenters. The number of nitrogens with zero attached hydrogens (tertiary/aromatic N) is 1. The maximum atomic E-state index is 12.3. The molecule has 2 amide bonds. The van der Waals surface area contributed by atoms with Crippen LogP contribution in [0.3, 0.4) is 0 Å². The zero-order valence-corrected chi connectivity index (χ0v) is 16.9. The fourth-order valence-corrected chi connectivity index (χ4v) is 3.57. The maximum Gasteiger partial charge on any atom is 0.253 e. The van der Waals surface area contributed by atoms with Crippen LogP contribution in [0.25, 0.3) is 0 Å². The summed E-state index contributed by atoms with van der Waals surface area (Å²) in [5.74, 6) is 1.61. The van der Waals surface area contributed by atoms with Crippen LogP contribution in [-0.2, 0) is 4.79 Å². The first-order valence-corrected chi connectivity index (χ1v) is 10.3. The molecule has 7 heteroatoms. The fourth-order valence-electron chi connectivity index (χ4n) is 2.85. The van der Waals surface area contributed by atoms with Crippen LogP contribution in [0.2, 0.25) is 0 Å². The van der Waals surface area contributed by atoms with Crippen LogP contribution >= 0.6 is 11.8 Å². The Morgan fingerprint density at radius 1 is 1.00 bits per heavy atom. The molecule has 0 saturated heterocycles. The van der Waals surface area contributed by atoms with E-state index in [0.29, 0.717) is 43.3 Å². The number of anilines is 1. The van der Waals surface area contributed by atoms with Crippen molar-refractivity contribution in [1.82, 2.24) is 4.90 Å². The van der Waals surface area contributed by atoms with Gasteiger partial charge in [0.15, 0.2) is 11.5 Å². The molecule has 2 aromatic rings. The average Bonchev–Trinajstić information content (AvgIpc) is 2.73. The summed E-state index contributed by atoms with van der Waals surface area (Å²) in [6, 6.07) is 12.7. The zero-order valence-electron chi connectivity index (χ0n) is 16.1. The van der Waals surface area contributed by atoms with Crippen molar-refractivity contribution in [2.45, 2.75) is 18.7 Å². The predicted octanol–water partition coefficient (Wildman–Crippen LogP) is 3.67. The van der Waals surface area contributed by atoms with Gasteiger partial charge in [0.1, 0.15) is 13.2 Å². The topological polar surface area (TPSA) is 67.9 Å². The first kappa shape index (κ1) is 20.1. The number of hydrogen-bond acceptors (Lipinski definition) is 5. The Labute approximate surface area is 169 Å². The Morgan fingerprint density at radius 2 is 1.68 bits per heavy atom. The van der Waals surface area contributed by atoms with Crippen molar-refractivity contribution in [2.75, 3.05) is 37.4 Å². The third-order valence-corrected chi connectivity index (χ3v) is 5.34. The Bertz CT molecular complexity index is 835. The van der Waals surface area contributed by atoms with Crippen LogP contribution < -0.4 is 14.8 Å². The van der Waals surface area contributed by atoms with E-state index >= 15 is 0 Å². The molecule has 1 aliphatic heterocycles. The number of amides is 2. The molecule has 3 rings (SSSR count). The quantitative estimate of drug-likeness (QED) is 0.719. The monoisotopic (exact) mass is 400 g/mol. The second kappa shape index (κ2) is 9.50. The van der Waals surface area contributed by atoms with Crippen molar-refractivity contribution < 1.29 is 19.1 Å². The van der Waals surface area contributed by atoms with Gasteiger partial charge in [-0.25, -0.2) is 0 Å². The highest BCUT2D eigenvalue weighted by Gasteiger charge is 2.14. The third-order valence-electron chi connectivity index (χ3n) is 4.35. The van der Waals surface area contributed by atoms with Crippen molar-refractivity contribution in [1.29, 1.82) is 0 Å². The minimum atomic E-state index is -0.109. The summed E-state index contributed by atoms with van der Waals surface area (Å²) in [6.07, 6.45) is 0. The molecule has 6 nitrogen and oxygen atoms in total. The Hall–Kier alpha value is -2.67. The number of nitrogens with one attached hydrogen (secondary N) is 1. The summed E-state index contributed by atoms with van der Waals surface area (Å²) in [7, 11) is 0. The lowest BCUT2D eigenvalue weighted by atomic mass is 10.2. The van der Waals surface area contributed by atoms with E-state index in [9.17, 15) is 9.59 Å². The molecule has 1 heterocycles. The summed E-state index contributed by atoms with van der Waals surface area (Å²) in [5.41, 5.74) is 1.29. The van der Waals surface area contributed by atoms with Gasteiger partial charge in [-0.05, 0) is 56.3 Å². The molecule has 2 aromatic carbocycles. The molecule has 1 N–H and O–H groups in total. The number of thioether (sulfide) groups is 1. The van der Waals surface area contributed by atoms with Gasteiger partial charge in [-0.1, -0.05) is 0 Å². The van der Waals surface area contributed by atoms with Crippen LogP contribution in [0.5, 0.6) is 11.5 Å². The molecule has 0 bridgehead atoms. The van der Waals surface area contributed by atoms with E-state index in [0.717, 1.165) is 10.6 Å². The summed E-state index contributed by atoms with van der Waals surface area (Å²) >= 11 is 1.43. The predicted molar refractivity (Wildman–Crippen MR) is 110 cm³/mol. The van der Waals surface area contributed by atoms with Gasteiger partial charge in [0.2, 0.25) is 5.91 Å². The molecule has 0 fully saturated rings. The van der Waals surface area contributed by atoms with Gasteiger partial charge in [-0.3, -0.25) is 9.59 Å². The van der Waals surface area contributed by atoms with E-state index in [2.05, 4.69) is 5.32 Å². The van der Waals surface area contributed by atoms with E-state index in [4.69, 9.17) is 9.47 Å². The number of rotatable bonds is 7.